The number of nitrogens with one attached hydrogen (secondary N) is 1. The molecule has 0 unspecified atom stereocenters. The lowest BCUT2D eigenvalue weighted by molar-refractivity contribution is 0.0954. The van der Waals surface area contributed by atoms with Gasteiger partial charge in [-0.25, -0.2) is 0 Å². The highest BCUT2D eigenvalue weighted by molar-refractivity contribution is 7.12. The molecule has 0 spiro atoms. The molecule has 0 atom stereocenters. The monoisotopic (exact) mass is 228 g/mol. The van der Waals surface area contributed by atoms with Crippen molar-refractivity contribution in [2.45, 2.75) is 12.8 Å². The molecule has 0 aromatic carbocycles. The minimum absolute atomic E-state index is 0.0705. The van der Waals surface area contributed by atoms with Crippen molar-refractivity contribution in [2.24, 2.45) is 5.73 Å². The summed E-state index contributed by atoms with van der Waals surface area (Å²) in [6.07, 6.45) is 1.85. The van der Waals surface area contributed by atoms with Crippen LogP contribution in [0.5, 0.6) is 5.75 Å². The van der Waals surface area contributed by atoms with Crippen LogP contribution in [0.2, 0.25) is 0 Å². The average molecular weight is 228 g/mol. The van der Waals surface area contributed by atoms with Gasteiger partial charge in [0.1, 0.15) is 10.6 Å². The zero-order valence-electron chi connectivity index (χ0n) is 8.79. The van der Waals surface area contributed by atoms with Crippen molar-refractivity contribution < 1.29 is 9.53 Å². The topological polar surface area (TPSA) is 64.3 Å². The first kappa shape index (κ1) is 12.0. The van der Waals surface area contributed by atoms with Crippen LogP contribution in [0.3, 0.4) is 0 Å². The summed E-state index contributed by atoms with van der Waals surface area (Å²) in [6.45, 7) is 1.33. The van der Waals surface area contributed by atoms with Crippen LogP contribution in [0.25, 0.3) is 0 Å². The first-order valence-corrected chi connectivity index (χ1v) is 5.77. The maximum absolute atomic E-state index is 11.6. The molecule has 0 aliphatic heterocycles. The fourth-order valence-corrected chi connectivity index (χ4v) is 1.95. The van der Waals surface area contributed by atoms with Gasteiger partial charge in [0.05, 0.1) is 7.11 Å². The summed E-state index contributed by atoms with van der Waals surface area (Å²) >= 11 is 1.38. The van der Waals surface area contributed by atoms with Crippen LogP contribution in [-0.2, 0) is 0 Å². The molecule has 0 bridgehead atoms. The molecule has 84 valence electrons. The van der Waals surface area contributed by atoms with Crippen LogP contribution in [0, 0.1) is 0 Å². The summed E-state index contributed by atoms with van der Waals surface area (Å²) < 4.78 is 5.06. The molecule has 0 radical (unpaired) electrons. The van der Waals surface area contributed by atoms with E-state index in [1.54, 1.807) is 13.2 Å². The summed E-state index contributed by atoms with van der Waals surface area (Å²) in [7, 11) is 1.56. The lowest BCUT2D eigenvalue weighted by atomic mass is 10.3. The smallest absolute Gasteiger partial charge is 0.265 e. The third-order valence-electron chi connectivity index (χ3n) is 1.97. The quantitative estimate of drug-likeness (QED) is 0.720. The highest BCUT2D eigenvalue weighted by Crippen LogP contribution is 2.23. The van der Waals surface area contributed by atoms with Crippen LogP contribution < -0.4 is 15.8 Å². The minimum atomic E-state index is -0.0705. The zero-order valence-corrected chi connectivity index (χ0v) is 9.60. The third-order valence-corrected chi connectivity index (χ3v) is 2.87. The first-order chi connectivity index (χ1) is 7.29. The summed E-state index contributed by atoms with van der Waals surface area (Å²) in [5.41, 5.74) is 5.35. The number of methoxy groups -OCH3 is 1. The van der Waals surface area contributed by atoms with Crippen LogP contribution >= 0.6 is 11.3 Å². The van der Waals surface area contributed by atoms with E-state index in [1.165, 1.54) is 11.3 Å². The average Bonchev–Trinajstić information content (AvgIpc) is 2.72. The molecule has 0 aliphatic rings. The number of thiophene rings is 1. The fraction of sp³-hybridized carbons (Fsp3) is 0.500. The molecule has 1 rings (SSSR count). The number of unbranched alkanes of at least 4 members (excludes halogenated alkanes) is 1. The Morgan fingerprint density at radius 1 is 1.60 bits per heavy atom. The van der Waals surface area contributed by atoms with Gasteiger partial charge in [-0.05, 0) is 30.8 Å². The van der Waals surface area contributed by atoms with Crippen molar-refractivity contribution in [2.75, 3.05) is 20.2 Å². The Balaban J connectivity index is 2.40. The standard InChI is InChI=1S/C10H16N2O2S/c1-14-8-4-7-15-9(8)10(13)12-6-3-2-5-11/h4,7H,2-3,5-6,11H2,1H3,(H,12,13). The number of nitrogens with two attached hydrogens (primary N) is 1. The molecule has 4 nitrogen and oxygen atoms in total. The Kier molecular flexibility index (Phi) is 5.14. The van der Waals surface area contributed by atoms with E-state index < -0.39 is 0 Å². The van der Waals surface area contributed by atoms with E-state index in [-0.39, 0.29) is 5.91 Å². The van der Waals surface area contributed by atoms with E-state index >= 15 is 0 Å². The van der Waals surface area contributed by atoms with Crippen molar-refractivity contribution in [3.63, 3.8) is 0 Å². The molecular formula is C10H16N2O2S. The van der Waals surface area contributed by atoms with E-state index in [0.717, 1.165) is 12.8 Å². The number of ether oxygens (including phenoxy) is 1. The molecule has 3 N–H and O–H groups in total. The predicted octanol–water partition coefficient (Wildman–Crippen LogP) is 1.23. The van der Waals surface area contributed by atoms with Gasteiger partial charge in [0, 0.05) is 6.54 Å². The van der Waals surface area contributed by atoms with Crippen molar-refractivity contribution >= 4 is 17.2 Å². The van der Waals surface area contributed by atoms with Crippen molar-refractivity contribution in [3.05, 3.63) is 16.3 Å². The number of hydrogen-bond donors (Lipinski definition) is 2. The van der Waals surface area contributed by atoms with Crippen molar-refractivity contribution in [1.29, 1.82) is 0 Å². The van der Waals surface area contributed by atoms with Crippen LogP contribution in [-0.4, -0.2) is 26.1 Å². The van der Waals surface area contributed by atoms with Crippen LogP contribution in [0.15, 0.2) is 11.4 Å². The highest BCUT2D eigenvalue weighted by atomic mass is 32.1. The Hall–Kier alpha value is -1.07. The third kappa shape index (κ3) is 3.53. The Labute approximate surface area is 93.4 Å². The molecule has 1 aromatic rings. The van der Waals surface area contributed by atoms with Gasteiger partial charge in [-0.15, -0.1) is 11.3 Å². The molecule has 1 aromatic heterocycles. The Morgan fingerprint density at radius 3 is 3.07 bits per heavy atom. The second-order valence-electron chi connectivity index (χ2n) is 3.07. The van der Waals surface area contributed by atoms with Gasteiger partial charge in [0.25, 0.3) is 5.91 Å². The summed E-state index contributed by atoms with van der Waals surface area (Å²) in [6, 6.07) is 1.79. The SMILES string of the molecule is COc1ccsc1C(=O)NCCCCN. The van der Waals surface area contributed by atoms with E-state index in [0.29, 0.717) is 23.7 Å². The summed E-state index contributed by atoms with van der Waals surface area (Å²) in [5, 5.41) is 4.67. The Bertz CT molecular complexity index is 312. The number of amides is 1. The van der Waals surface area contributed by atoms with Crippen molar-refractivity contribution in [1.82, 2.24) is 5.32 Å². The van der Waals surface area contributed by atoms with E-state index in [4.69, 9.17) is 10.5 Å². The number of rotatable bonds is 6. The number of carbonyl (C=O) groups is 1. The molecule has 0 saturated carbocycles. The second-order valence-corrected chi connectivity index (χ2v) is 3.99. The molecule has 0 saturated heterocycles. The lowest BCUT2D eigenvalue weighted by Gasteiger charge is -2.04. The summed E-state index contributed by atoms with van der Waals surface area (Å²) in [4.78, 5) is 12.3. The van der Waals surface area contributed by atoms with Gasteiger partial charge >= 0.3 is 0 Å². The van der Waals surface area contributed by atoms with Crippen LogP contribution in [0.1, 0.15) is 22.5 Å². The molecule has 0 fully saturated rings. The molecule has 5 heteroatoms. The second kappa shape index (κ2) is 6.42. The zero-order chi connectivity index (χ0) is 11.1. The van der Waals surface area contributed by atoms with Gasteiger partial charge in [0.15, 0.2) is 0 Å². The molecule has 0 aliphatic carbocycles. The minimum Gasteiger partial charge on any atom is -0.495 e. The molecule has 15 heavy (non-hydrogen) atoms. The normalized spacial score (nSPS) is 10.0. The lowest BCUT2D eigenvalue weighted by Crippen LogP contribution is -2.24. The van der Waals surface area contributed by atoms with E-state index in [1.807, 2.05) is 5.38 Å². The van der Waals surface area contributed by atoms with E-state index in [2.05, 4.69) is 5.32 Å². The maximum atomic E-state index is 11.6. The predicted molar refractivity (Wildman–Crippen MR) is 61.5 cm³/mol. The van der Waals surface area contributed by atoms with E-state index in [9.17, 15) is 4.79 Å². The number of hydrogen-bond acceptors (Lipinski definition) is 4. The van der Waals surface area contributed by atoms with Crippen molar-refractivity contribution in [3.8, 4) is 5.75 Å². The number of carbonyl (C=O) groups excluding carboxylic acids is 1. The first-order valence-electron chi connectivity index (χ1n) is 4.89. The molecular weight excluding hydrogens is 212 g/mol. The van der Waals surface area contributed by atoms with Gasteiger partial charge in [-0.3, -0.25) is 4.79 Å². The Morgan fingerprint density at radius 2 is 2.40 bits per heavy atom. The molecule has 1 amide bonds. The largest absolute Gasteiger partial charge is 0.495 e. The summed E-state index contributed by atoms with van der Waals surface area (Å²) in [5.74, 6) is 0.565. The van der Waals surface area contributed by atoms with Crippen LogP contribution in [0.4, 0.5) is 0 Å². The maximum Gasteiger partial charge on any atom is 0.265 e. The van der Waals surface area contributed by atoms with Gasteiger partial charge < -0.3 is 15.8 Å². The fourth-order valence-electron chi connectivity index (χ4n) is 1.18. The van der Waals surface area contributed by atoms with Gasteiger partial charge in [-0.2, -0.15) is 0 Å². The van der Waals surface area contributed by atoms with Gasteiger partial charge in [-0.1, -0.05) is 0 Å². The highest BCUT2D eigenvalue weighted by Gasteiger charge is 2.12. The van der Waals surface area contributed by atoms with Gasteiger partial charge in [0.2, 0.25) is 0 Å². The molecule has 1 heterocycles.